The van der Waals surface area contributed by atoms with Crippen LogP contribution in [0.3, 0.4) is 0 Å². The topological polar surface area (TPSA) is 29.4 Å². The molecule has 0 radical (unpaired) electrons. The molecule has 10 heavy (non-hydrogen) atoms. The highest BCUT2D eigenvalue weighted by Crippen LogP contribution is 2.03. The summed E-state index contributed by atoms with van der Waals surface area (Å²) >= 11 is 0. The Bertz CT molecular complexity index is 215. The van der Waals surface area contributed by atoms with Crippen molar-refractivity contribution >= 4 is 0 Å². The van der Waals surface area contributed by atoms with E-state index in [4.69, 9.17) is 0 Å². The van der Waals surface area contributed by atoms with E-state index in [1.54, 1.807) is 0 Å². The Morgan fingerprint density at radius 3 is 2.40 bits per heavy atom. The third-order valence-corrected chi connectivity index (χ3v) is 1.37. The molecular weight excluding hydrogens is 126 g/mol. The molecule has 0 fully saturated rings. The minimum atomic E-state index is 0.278. The number of nitroso groups, excluding NO2 is 1. The van der Waals surface area contributed by atoms with Crippen LogP contribution in [-0.2, 0) is 6.54 Å². The Kier molecular flexibility index (Phi) is 2.15. The van der Waals surface area contributed by atoms with E-state index in [2.05, 4.69) is 5.18 Å². The predicted molar refractivity (Wildman–Crippen MR) is 40.7 cm³/mol. The van der Waals surface area contributed by atoms with Crippen molar-refractivity contribution in [1.82, 2.24) is 0 Å². The lowest BCUT2D eigenvalue weighted by atomic mass is 10.2. The van der Waals surface area contributed by atoms with E-state index in [0.29, 0.717) is 0 Å². The molecule has 0 amide bonds. The number of aryl methyl sites for hydroxylation is 1. The van der Waals surface area contributed by atoms with Crippen molar-refractivity contribution in [2.24, 2.45) is 5.18 Å². The lowest BCUT2D eigenvalue weighted by Gasteiger charge is -1.93. The zero-order valence-electron chi connectivity index (χ0n) is 5.87. The summed E-state index contributed by atoms with van der Waals surface area (Å²) in [6, 6.07) is 7.77. The Labute approximate surface area is 59.9 Å². The first-order chi connectivity index (χ1) is 4.83. The molecule has 0 aliphatic heterocycles. The first kappa shape index (κ1) is 6.93. The van der Waals surface area contributed by atoms with Gasteiger partial charge in [0.15, 0.2) is 0 Å². The Hall–Kier alpha value is -1.18. The van der Waals surface area contributed by atoms with Crippen LogP contribution in [-0.4, -0.2) is 0 Å². The number of nitrogens with zero attached hydrogens (tertiary/aromatic N) is 1. The maximum Gasteiger partial charge on any atom is 0.106 e. The van der Waals surface area contributed by atoms with Crippen molar-refractivity contribution in [1.29, 1.82) is 0 Å². The molecule has 2 heteroatoms. The summed E-state index contributed by atoms with van der Waals surface area (Å²) in [6.45, 7) is 2.29. The molecule has 0 heterocycles. The van der Waals surface area contributed by atoms with Gasteiger partial charge in [0, 0.05) is 0 Å². The highest BCUT2D eigenvalue weighted by Gasteiger charge is 1.88. The van der Waals surface area contributed by atoms with Gasteiger partial charge in [-0.05, 0) is 12.5 Å². The first-order valence-electron chi connectivity index (χ1n) is 3.17. The van der Waals surface area contributed by atoms with Gasteiger partial charge in [-0.1, -0.05) is 35.0 Å². The maximum absolute atomic E-state index is 9.81. The van der Waals surface area contributed by atoms with Crippen LogP contribution in [0.5, 0.6) is 0 Å². The van der Waals surface area contributed by atoms with Gasteiger partial charge in [0.1, 0.15) is 6.54 Å². The van der Waals surface area contributed by atoms with E-state index >= 15 is 0 Å². The van der Waals surface area contributed by atoms with E-state index in [-0.39, 0.29) is 6.54 Å². The van der Waals surface area contributed by atoms with Crippen molar-refractivity contribution in [2.45, 2.75) is 13.5 Å². The van der Waals surface area contributed by atoms with Crippen molar-refractivity contribution in [3.63, 3.8) is 0 Å². The fourth-order valence-electron chi connectivity index (χ4n) is 0.768. The van der Waals surface area contributed by atoms with Crippen LogP contribution in [0, 0.1) is 11.8 Å². The summed E-state index contributed by atoms with van der Waals surface area (Å²) in [5.41, 5.74) is 2.18. The lowest BCUT2D eigenvalue weighted by Crippen LogP contribution is -1.79. The Morgan fingerprint density at radius 1 is 1.30 bits per heavy atom. The molecule has 1 aromatic rings. The van der Waals surface area contributed by atoms with E-state index < -0.39 is 0 Å². The molecule has 0 saturated heterocycles. The fourth-order valence-corrected chi connectivity index (χ4v) is 0.768. The van der Waals surface area contributed by atoms with Gasteiger partial charge in [0.25, 0.3) is 0 Å². The predicted octanol–water partition coefficient (Wildman–Crippen LogP) is 2.26. The van der Waals surface area contributed by atoms with Crippen molar-refractivity contribution in [3.8, 4) is 0 Å². The van der Waals surface area contributed by atoms with Crippen LogP contribution in [0.15, 0.2) is 29.4 Å². The molecule has 0 spiro atoms. The molecule has 1 rings (SSSR count). The molecule has 0 bridgehead atoms. The van der Waals surface area contributed by atoms with Gasteiger partial charge >= 0.3 is 0 Å². The molecule has 0 aliphatic carbocycles. The second-order valence-corrected chi connectivity index (χ2v) is 2.27. The van der Waals surface area contributed by atoms with Crippen LogP contribution in [0.2, 0.25) is 0 Å². The summed E-state index contributed by atoms with van der Waals surface area (Å²) in [4.78, 5) is 9.81. The van der Waals surface area contributed by atoms with Crippen molar-refractivity contribution < 1.29 is 0 Å². The van der Waals surface area contributed by atoms with E-state index in [1.807, 2.05) is 31.2 Å². The maximum atomic E-state index is 9.81. The van der Waals surface area contributed by atoms with E-state index in [0.717, 1.165) is 5.56 Å². The van der Waals surface area contributed by atoms with E-state index in [9.17, 15) is 4.91 Å². The Balaban J connectivity index is 2.78. The summed E-state index contributed by atoms with van der Waals surface area (Å²) < 4.78 is 0. The average molecular weight is 135 g/mol. The number of hydrogen-bond donors (Lipinski definition) is 0. The van der Waals surface area contributed by atoms with E-state index in [1.165, 1.54) is 5.56 Å². The van der Waals surface area contributed by atoms with Crippen molar-refractivity contribution in [3.05, 3.63) is 40.3 Å². The Morgan fingerprint density at radius 2 is 1.90 bits per heavy atom. The molecule has 2 nitrogen and oxygen atoms in total. The molecule has 0 saturated carbocycles. The average Bonchev–Trinajstić information content (AvgIpc) is 1.95. The lowest BCUT2D eigenvalue weighted by molar-refractivity contribution is 1.05. The number of hydrogen-bond acceptors (Lipinski definition) is 2. The fraction of sp³-hybridized carbons (Fsp3) is 0.250. The van der Waals surface area contributed by atoms with Gasteiger partial charge in [0.2, 0.25) is 0 Å². The van der Waals surface area contributed by atoms with Crippen LogP contribution >= 0.6 is 0 Å². The molecule has 52 valence electrons. The smallest absolute Gasteiger partial charge is 0.106 e. The van der Waals surface area contributed by atoms with Crippen molar-refractivity contribution in [2.75, 3.05) is 0 Å². The quantitative estimate of drug-likeness (QED) is 0.572. The van der Waals surface area contributed by atoms with Gasteiger partial charge in [-0.3, -0.25) is 0 Å². The highest BCUT2D eigenvalue weighted by molar-refractivity contribution is 5.20. The highest BCUT2D eigenvalue weighted by atomic mass is 16.3. The minimum absolute atomic E-state index is 0.278. The van der Waals surface area contributed by atoms with Crippen LogP contribution in [0.25, 0.3) is 0 Å². The molecule has 0 aromatic heterocycles. The van der Waals surface area contributed by atoms with Gasteiger partial charge < -0.3 is 0 Å². The third-order valence-electron chi connectivity index (χ3n) is 1.37. The molecule has 0 N–H and O–H groups in total. The van der Waals surface area contributed by atoms with Crippen LogP contribution < -0.4 is 0 Å². The van der Waals surface area contributed by atoms with Crippen LogP contribution in [0.4, 0.5) is 0 Å². The normalized spacial score (nSPS) is 9.30. The zero-order valence-corrected chi connectivity index (χ0v) is 5.87. The second-order valence-electron chi connectivity index (χ2n) is 2.27. The molecular formula is C8H9NO. The summed E-state index contributed by atoms with van der Waals surface area (Å²) in [5, 5.41) is 2.79. The minimum Gasteiger partial charge on any atom is -0.150 e. The largest absolute Gasteiger partial charge is 0.150 e. The van der Waals surface area contributed by atoms with Gasteiger partial charge in [-0.2, -0.15) is 4.91 Å². The summed E-state index contributed by atoms with van der Waals surface area (Å²) in [5.74, 6) is 0. The number of benzene rings is 1. The molecule has 1 aromatic carbocycles. The molecule has 0 aliphatic rings. The zero-order chi connectivity index (χ0) is 7.40. The van der Waals surface area contributed by atoms with Gasteiger partial charge in [0.05, 0.1) is 0 Å². The molecule has 0 unspecified atom stereocenters. The monoisotopic (exact) mass is 135 g/mol. The third kappa shape index (κ3) is 1.65. The summed E-state index contributed by atoms with van der Waals surface area (Å²) in [6.07, 6.45) is 0. The second kappa shape index (κ2) is 3.11. The van der Waals surface area contributed by atoms with Gasteiger partial charge in [-0.25, -0.2) is 0 Å². The van der Waals surface area contributed by atoms with Gasteiger partial charge in [-0.15, -0.1) is 0 Å². The standard InChI is InChI=1S/C8H9NO/c1-7-2-4-8(5-3-7)6-9-10/h2-5H,6H2,1H3. The first-order valence-corrected chi connectivity index (χ1v) is 3.17. The summed E-state index contributed by atoms with van der Waals surface area (Å²) in [7, 11) is 0. The van der Waals surface area contributed by atoms with Crippen LogP contribution in [0.1, 0.15) is 11.1 Å². The molecule has 0 atom stereocenters. The number of rotatable bonds is 2. The SMILES string of the molecule is Cc1ccc(CN=O)cc1.